The number of esters is 1. The molecule has 1 aromatic rings. The zero-order valence-electron chi connectivity index (χ0n) is 12.4. The van der Waals surface area contributed by atoms with Crippen LogP contribution in [-0.4, -0.2) is 24.8 Å². The van der Waals surface area contributed by atoms with Gasteiger partial charge in [0.25, 0.3) is 0 Å². The lowest BCUT2D eigenvalue weighted by atomic mass is 10.0. The summed E-state index contributed by atoms with van der Waals surface area (Å²) in [7, 11) is 1.36. The van der Waals surface area contributed by atoms with Gasteiger partial charge in [0.1, 0.15) is 5.75 Å². The molecule has 1 saturated carbocycles. The molecule has 0 spiro atoms. The van der Waals surface area contributed by atoms with Crippen molar-refractivity contribution in [3.8, 4) is 5.75 Å². The second kappa shape index (κ2) is 7.13. The molecule has 114 valence electrons. The van der Waals surface area contributed by atoms with Crippen molar-refractivity contribution in [2.75, 3.05) is 13.7 Å². The molecule has 0 heterocycles. The molecular formula is C16H21NO4. The van der Waals surface area contributed by atoms with E-state index in [1.807, 2.05) is 0 Å². The Balaban J connectivity index is 2.04. The Morgan fingerprint density at radius 2 is 2.00 bits per heavy atom. The van der Waals surface area contributed by atoms with Gasteiger partial charge in [0.05, 0.1) is 19.3 Å². The summed E-state index contributed by atoms with van der Waals surface area (Å²) >= 11 is 0. The Morgan fingerprint density at radius 1 is 1.33 bits per heavy atom. The molecule has 1 aliphatic rings. The van der Waals surface area contributed by atoms with E-state index in [2.05, 4.69) is 5.48 Å². The molecule has 0 saturated heterocycles. The first kappa shape index (κ1) is 15.4. The first-order valence-corrected chi connectivity index (χ1v) is 7.04. The number of nitrogens with one attached hydrogen (secondary N) is 1. The number of rotatable bonds is 7. The van der Waals surface area contributed by atoms with E-state index in [0.29, 0.717) is 30.2 Å². The van der Waals surface area contributed by atoms with E-state index in [0.717, 1.165) is 5.56 Å². The molecule has 0 amide bonds. The third kappa shape index (κ3) is 4.79. The highest BCUT2D eigenvalue weighted by atomic mass is 16.6. The summed E-state index contributed by atoms with van der Waals surface area (Å²) in [5.41, 5.74) is 4.91. The first-order chi connectivity index (χ1) is 10.1. The normalized spacial score (nSPS) is 15.3. The first-order valence-electron chi connectivity index (χ1n) is 7.04. The van der Waals surface area contributed by atoms with Crippen LogP contribution in [0.1, 0.15) is 25.3 Å². The lowest BCUT2D eigenvalue weighted by molar-refractivity contribution is -0.136. The average molecular weight is 291 g/mol. The van der Waals surface area contributed by atoms with Gasteiger partial charge in [-0.05, 0) is 43.4 Å². The van der Waals surface area contributed by atoms with E-state index in [1.54, 1.807) is 31.2 Å². The molecule has 5 heteroatoms. The number of aromatic hydroxyl groups is 1. The number of methoxy groups -OCH3 is 1. The Morgan fingerprint density at radius 3 is 2.57 bits per heavy atom. The summed E-state index contributed by atoms with van der Waals surface area (Å²) in [5.74, 6) is 0.456. The van der Waals surface area contributed by atoms with Gasteiger partial charge in [-0.25, -0.2) is 4.79 Å². The van der Waals surface area contributed by atoms with E-state index in [1.165, 1.54) is 20.0 Å². The Kier molecular flexibility index (Phi) is 5.22. The summed E-state index contributed by atoms with van der Waals surface area (Å²) in [6, 6.07) is 6.74. The maximum Gasteiger partial charge on any atom is 0.335 e. The minimum atomic E-state index is -0.386. The number of hydroxylamine groups is 1. The molecule has 0 bridgehead atoms. The van der Waals surface area contributed by atoms with Crippen molar-refractivity contribution in [1.29, 1.82) is 0 Å². The van der Waals surface area contributed by atoms with Crippen LogP contribution in [-0.2, 0) is 20.8 Å². The summed E-state index contributed by atoms with van der Waals surface area (Å²) in [6.45, 7) is 2.45. The third-order valence-electron chi connectivity index (χ3n) is 3.44. The zero-order valence-corrected chi connectivity index (χ0v) is 12.4. The van der Waals surface area contributed by atoms with Gasteiger partial charge < -0.3 is 9.84 Å². The van der Waals surface area contributed by atoms with Crippen LogP contribution in [0.3, 0.4) is 0 Å². The van der Waals surface area contributed by atoms with Crippen LogP contribution in [0.4, 0.5) is 0 Å². The van der Waals surface area contributed by atoms with E-state index in [-0.39, 0.29) is 11.7 Å². The molecule has 1 aliphatic carbocycles. The fourth-order valence-electron chi connectivity index (χ4n) is 1.91. The molecule has 0 aliphatic heterocycles. The number of phenols is 1. The van der Waals surface area contributed by atoms with Gasteiger partial charge in [0.15, 0.2) is 0 Å². The molecule has 1 aromatic carbocycles. The van der Waals surface area contributed by atoms with Crippen LogP contribution in [0.5, 0.6) is 5.75 Å². The van der Waals surface area contributed by atoms with Gasteiger partial charge in [0, 0.05) is 12.1 Å². The summed E-state index contributed by atoms with van der Waals surface area (Å²) in [6.07, 6.45) is 2.84. The minimum Gasteiger partial charge on any atom is -0.508 e. The third-order valence-corrected chi connectivity index (χ3v) is 3.44. The number of phenolic OH excluding ortho intramolecular Hbond substituents is 1. The van der Waals surface area contributed by atoms with Gasteiger partial charge >= 0.3 is 5.97 Å². The second-order valence-electron chi connectivity index (χ2n) is 5.29. The van der Waals surface area contributed by atoms with Gasteiger partial charge in [-0.1, -0.05) is 12.1 Å². The molecule has 2 rings (SSSR count). The van der Waals surface area contributed by atoms with Crippen molar-refractivity contribution in [3.05, 3.63) is 41.1 Å². The zero-order chi connectivity index (χ0) is 15.2. The molecule has 0 aromatic heterocycles. The van der Waals surface area contributed by atoms with Gasteiger partial charge in [-0.15, -0.1) is 0 Å². The van der Waals surface area contributed by atoms with Crippen LogP contribution in [0, 0.1) is 5.92 Å². The van der Waals surface area contributed by atoms with Crippen molar-refractivity contribution >= 4 is 5.97 Å². The van der Waals surface area contributed by atoms with Crippen molar-refractivity contribution in [2.24, 2.45) is 5.92 Å². The molecule has 21 heavy (non-hydrogen) atoms. The molecule has 0 unspecified atom stereocenters. The van der Waals surface area contributed by atoms with Crippen LogP contribution in [0.25, 0.3) is 0 Å². The Hall–Kier alpha value is -2.01. The maximum absolute atomic E-state index is 11.9. The quantitative estimate of drug-likeness (QED) is 0.458. The van der Waals surface area contributed by atoms with Gasteiger partial charge in [0.2, 0.25) is 0 Å². The van der Waals surface area contributed by atoms with Crippen molar-refractivity contribution in [1.82, 2.24) is 5.48 Å². The number of hydrogen-bond donors (Lipinski definition) is 2. The predicted molar refractivity (Wildman–Crippen MR) is 78.3 cm³/mol. The monoisotopic (exact) mass is 291 g/mol. The molecule has 5 nitrogen and oxygen atoms in total. The Labute approximate surface area is 124 Å². The highest BCUT2D eigenvalue weighted by molar-refractivity contribution is 5.89. The predicted octanol–water partition coefficient (Wildman–Crippen LogP) is 2.31. The lowest BCUT2D eigenvalue weighted by Crippen LogP contribution is -2.20. The average Bonchev–Trinajstić information content (AvgIpc) is 3.30. The van der Waals surface area contributed by atoms with Crippen LogP contribution >= 0.6 is 0 Å². The van der Waals surface area contributed by atoms with Crippen LogP contribution < -0.4 is 5.48 Å². The lowest BCUT2D eigenvalue weighted by Gasteiger charge is -2.13. The van der Waals surface area contributed by atoms with Crippen LogP contribution in [0.2, 0.25) is 0 Å². The highest BCUT2D eigenvalue weighted by Gasteiger charge is 2.22. The van der Waals surface area contributed by atoms with E-state index in [4.69, 9.17) is 9.57 Å². The second-order valence-corrected chi connectivity index (χ2v) is 5.29. The van der Waals surface area contributed by atoms with Crippen LogP contribution in [0.15, 0.2) is 35.5 Å². The van der Waals surface area contributed by atoms with Crippen molar-refractivity contribution < 1.29 is 19.5 Å². The van der Waals surface area contributed by atoms with Crippen molar-refractivity contribution in [3.63, 3.8) is 0 Å². The summed E-state index contributed by atoms with van der Waals surface area (Å²) in [4.78, 5) is 17.3. The van der Waals surface area contributed by atoms with Gasteiger partial charge in [-0.3, -0.25) is 10.3 Å². The molecule has 0 atom stereocenters. The molecule has 0 radical (unpaired) electrons. The standard InChI is InChI=1S/C16H21NO4/c1-11(17-21-10-13-3-4-13)15(16(19)20-2)9-12-5-7-14(18)8-6-12/h5-8,13,17-18H,3-4,9-10H2,1-2H3. The summed E-state index contributed by atoms with van der Waals surface area (Å²) < 4.78 is 4.83. The maximum atomic E-state index is 11.9. The topological polar surface area (TPSA) is 67.8 Å². The number of allylic oxidation sites excluding steroid dienone is 1. The largest absolute Gasteiger partial charge is 0.508 e. The van der Waals surface area contributed by atoms with Crippen molar-refractivity contribution in [2.45, 2.75) is 26.2 Å². The molecular weight excluding hydrogens is 270 g/mol. The number of carbonyl (C=O) groups excluding carboxylic acids is 1. The number of hydrogen-bond acceptors (Lipinski definition) is 5. The van der Waals surface area contributed by atoms with Gasteiger partial charge in [-0.2, -0.15) is 0 Å². The number of benzene rings is 1. The molecule has 2 N–H and O–H groups in total. The van der Waals surface area contributed by atoms with E-state index < -0.39 is 0 Å². The molecule has 1 fully saturated rings. The number of ether oxygens (including phenoxy) is 1. The fourth-order valence-corrected chi connectivity index (χ4v) is 1.91. The van der Waals surface area contributed by atoms with E-state index >= 15 is 0 Å². The smallest absolute Gasteiger partial charge is 0.335 e. The fraction of sp³-hybridized carbons (Fsp3) is 0.438. The Bertz CT molecular complexity index is 518. The minimum absolute atomic E-state index is 0.199. The number of carbonyl (C=O) groups is 1. The SMILES string of the molecule is COC(=O)C(Cc1ccc(O)cc1)=C(C)NOCC1CC1. The highest BCUT2D eigenvalue weighted by Crippen LogP contribution is 2.28. The van der Waals surface area contributed by atoms with E-state index in [9.17, 15) is 9.90 Å². The summed E-state index contributed by atoms with van der Waals surface area (Å²) in [5, 5.41) is 9.29.